The average Bonchev–Trinajstić information content (AvgIpc) is 2.73. The van der Waals surface area contributed by atoms with Crippen molar-refractivity contribution in [2.75, 3.05) is 30.4 Å². The number of carbonyl (C=O) groups excluding carboxylic acids is 2. The molecule has 1 heterocycles. The van der Waals surface area contributed by atoms with Crippen LogP contribution in [0.15, 0.2) is 42.5 Å². The molecule has 1 N–H and O–H groups in total. The Morgan fingerprint density at radius 3 is 2.48 bits per heavy atom. The number of rotatable bonds is 5. The second-order valence-electron chi connectivity index (χ2n) is 7.18. The van der Waals surface area contributed by atoms with Crippen molar-refractivity contribution in [2.45, 2.75) is 19.8 Å². The number of amides is 1. The van der Waals surface area contributed by atoms with E-state index in [1.807, 2.05) is 4.90 Å². The molecule has 2 aromatic carbocycles. The van der Waals surface area contributed by atoms with E-state index in [4.69, 9.17) is 0 Å². The van der Waals surface area contributed by atoms with Gasteiger partial charge in [0.1, 0.15) is 5.69 Å². The van der Waals surface area contributed by atoms with E-state index in [9.17, 15) is 19.7 Å². The van der Waals surface area contributed by atoms with E-state index in [0.717, 1.165) is 25.9 Å². The lowest BCUT2D eigenvalue weighted by atomic mass is 9.99. The molecule has 1 amide bonds. The number of nitro benzene ring substituents is 1. The van der Waals surface area contributed by atoms with Crippen molar-refractivity contribution < 1.29 is 19.2 Å². The molecule has 29 heavy (non-hydrogen) atoms. The first-order chi connectivity index (χ1) is 13.9. The van der Waals surface area contributed by atoms with Crippen LogP contribution in [0.2, 0.25) is 0 Å². The van der Waals surface area contributed by atoms with E-state index in [-0.39, 0.29) is 11.3 Å². The van der Waals surface area contributed by atoms with Gasteiger partial charge in [-0.2, -0.15) is 0 Å². The summed E-state index contributed by atoms with van der Waals surface area (Å²) >= 11 is 0. The minimum absolute atomic E-state index is 0.0761. The fourth-order valence-electron chi connectivity index (χ4n) is 3.50. The summed E-state index contributed by atoms with van der Waals surface area (Å²) in [7, 11) is 1.29. The van der Waals surface area contributed by atoms with Gasteiger partial charge in [-0.05, 0) is 55.2 Å². The largest absolute Gasteiger partial charge is 0.465 e. The number of esters is 1. The fraction of sp³-hybridized carbons (Fsp3) is 0.333. The van der Waals surface area contributed by atoms with Gasteiger partial charge in [0.15, 0.2) is 0 Å². The summed E-state index contributed by atoms with van der Waals surface area (Å²) in [5.74, 6) is -0.460. The molecular weight excluding hydrogens is 374 g/mol. The van der Waals surface area contributed by atoms with Gasteiger partial charge in [0.2, 0.25) is 0 Å². The molecule has 1 atom stereocenters. The predicted octanol–water partition coefficient (Wildman–Crippen LogP) is 3.87. The topological polar surface area (TPSA) is 102 Å². The summed E-state index contributed by atoms with van der Waals surface area (Å²) in [4.78, 5) is 37.2. The van der Waals surface area contributed by atoms with E-state index < -0.39 is 16.8 Å². The molecule has 8 heteroatoms. The zero-order valence-electron chi connectivity index (χ0n) is 16.4. The molecule has 0 spiro atoms. The van der Waals surface area contributed by atoms with Crippen molar-refractivity contribution in [3.8, 4) is 0 Å². The number of nitro groups is 1. The highest BCUT2D eigenvalue weighted by Crippen LogP contribution is 2.32. The van der Waals surface area contributed by atoms with Crippen molar-refractivity contribution in [2.24, 2.45) is 5.92 Å². The Hall–Kier alpha value is -3.42. The molecule has 0 saturated carbocycles. The first-order valence-corrected chi connectivity index (χ1v) is 9.42. The molecule has 0 radical (unpaired) electrons. The zero-order valence-corrected chi connectivity index (χ0v) is 16.4. The summed E-state index contributed by atoms with van der Waals surface area (Å²) in [6.45, 7) is 3.66. The van der Waals surface area contributed by atoms with Crippen LogP contribution in [-0.2, 0) is 4.74 Å². The van der Waals surface area contributed by atoms with Crippen molar-refractivity contribution in [3.63, 3.8) is 0 Å². The van der Waals surface area contributed by atoms with Crippen molar-refractivity contribution in [1.29, 1.82) is 0 Å². The number of nitrogens with one attached hydrogen (secondary N) is 1. The Kier molecular flexibility index (Phi) is 6.11. The monoisotopic (exact) mass is 397 g/mol. The van der Waals surface area contributed by atoms with Crippen LogP contribution in [0.25, 0.3) is 0 Å². The lowest BCUT2D eigenvalue weighted by Gasteiger charge is -2.32. The standard InChI is InChI=1S/C21H23N3O5/c1-14-4-3-11-23(13-14)18-10-7-16(12-19(18)24(27)28)20(25)22-17-8-5-15(6-9-17)21(26)29-2/h5-10,12,14H,3-4,11,13H2,1-2H3,(H,22,25)/t14-/m1/s1. The lowest BCUT2D eigenvalue weighted by molar-refractivity contribution is -0.384. The van der Waals surface area contributed by atoms with Gasteiger partial charge in [-0.3, -0.25) is 14.9 Å². The van der Waals surface area contributed by atoms with Crippen LogP contribution >= 0.6 is 0 Å². The van der Waals surface area contributed by atoms with Crippen LogP contribution in [0.1, 0.15) is 40.5 Å². The van der Waals surface area contributed by atoms with Crippen LogP contribution in [-0.4, -0.2) is 37.0 Å². The van der Waals surface area contributed by atoms with Gasteiger partial charge in [0.25, 0.3) is 11.6 Å². The van der Waals surface area contributed by atoms with Gasteiger partial charge in [0.05, 0.1) is 17.6 Å². The number of anilines is 2. The summed E-state index contributed by atoms with van der Waals surface area (Å²) in [6, 6.07) is 10.8. The molecule has 1 saturated heterocycles. The zero-order chi connectivity index (χ0) is 21.0. The van der Waals surface area contributed by atoms with Gasteiger partial charge in [0, 0.05) is 30.4 Å². The van der Waals surface area contributed by atoms with E-state index in [2.05, 4.69) is 17.0 Å². The molecule has 152 valence electrons. The summed E-state index contributed by atoms with van der Waals surface area (Å²) < 4.78 is 4.64. The Labute approximate surface area is 168 Å². The smallest absolute Gasteiger partial charge is 0.337 e. The van der Waals surface area contributed by atoms with Gasteiger partial charge in [-0.25, -0.2) is 4.79 Å². The van der Waals surface area contributed by atoms with Crippen LogP contribution in [0, 0.1) is 16.0 Å². The molecule has 3 rings (SSSR count). The maximum atomic E-state index is 12.6. The molecule has 0 aromatic heterocycles. The molecule has 1 aliphatic rings. The van der Waals surface area contributed by atoms with Crippen LogP contribution in [0.3, 0.4) is 0 Å². The highest BCUT2D eigenvalue weighted by atomic mass is 16.6. The molecular formula is C21H23N3O5. The predicted molar refractivity (Wildman–Crippen MR) is 109 cm³/mol. The molecule has 8 nitrogen and oxygen atoms in total. The normalized spacial score (nSPS) is 16.2. The number of hydrogen-bond donors (Lipinski definition) is 1. The van der Waals surface area contributed by atoms with Gasteiger partial charge < -0.3 is 15.0 Å². The fourth-order valence-corrected chi connectivity index (χ4v) is 3.50. The Morgan fingerprint density at radius 1 is 1.17 bits per heavy atom. The quantitative estimate of drug-likeness (QED) is 0.467. The van der Waals surface area contributed by atoms with E-state index in [0.29, 0.717) is 22.9 Å². The number of nitrogens with zero attached hydrogens (tertiary/aromatic N) is 2. The van der Waals surface area contributed by atoms with Crippen molar-refractivity contribution in [3.05, 3.63) is 63.7 Å². The van der Waals surface area contributed by atoms with Gasteiger partial charge in [-0.15, -0.1) is 0 Å². The molecule has 0 bridgehead atoms. The molecule has 1 aliphatic heterocycles. The number of carbonyl (C=O) groups is 2. The number of piperidine rings is 1. The molecule has 0 unspecified atom stereocenters. The van der Waals surface area contributed by atoms with Crippen molar-refractivity contribution in [1.82, 2.24) is 0 Å². The average molecular weight is 397 g/mol. The maximum absolute atomic E-state index is 12.6. The highest BCUT2D eigenvalue weighted by molar-refractivity contribution is 6.05. The summed E-state index contributed by atoms with van der Waals surface area (Å²) in [5, 5.41) is 14.3. The van der Waals surface area contributed by atoms with E-state index >= 15 is 0 Å². The van der Waals surface area contributed by atoms with E-state index in [1.54, 1.807) is 24.3 Å². The maximum Gasteiger partial charge on any atom is 0.337 e. The summed E-state index contributed by atoms with van der Waals surface area (Å²) in [6.07, 6.45) is 2.10. The SMILES string of the molecule is COC(=O)c1ccc(NC(=O)c2ccc(N3CCC[C@@H](C)C3)c([N+](=O)[O-])c2)cc1. The third-order valence-electron chi connectivity index (χ3n) is 5.00. The molecule has 1 fully saturated rings. The van der Waals surface area contributed by atoms with Gasteiger partial charge in [-0.1, -0.05) is 6.92 Å². The van der Waals surface area contributed by atoms with Crippen LogP contribution in [0.4, 0.5) is 17.1 Å². The Balaban J connectivity index is 1.79. The first kappa shape index (κ1) is 20.3. The van der Waals surface area contributed by atoms with E-state index in [1.165, 1.54) is 25.3 Å². The minimum atomic E-state index is -0.471. The molecule has 2 aromatic rings. The molecule has 0 aliphatic carbocycles. The summed E-state index contributed by atoms with van der Waals surface area (Å²) in [5.41, 5.74) is 1.50. The second-order valence-corrected chi connectivity index (χ2v) is 7.18. The number of methoxy groups -OCH3 is 1. The lowest BCUT2D eigenvalue weighted by Crippen LogP contribution is -2.34. The second kappa shape index (κ2) is 8.72. The number of benzene rings is 2. The minimum Gasteiger partial charge on any atom is -0.465 e. The highest BCUT2D eigenvalue weighted by Gasteiger charge is 2.25. The number of hydrogen-bond acceptors (Lipinski definition) is 6. The Bertz CT molecular complexity index is 926. The third kappa shape index (κ3) is 4.71. The van der Waals surface area contributed by atoms with Crippen molar-refractivity contribution >= 4 is 28.9 Å². The number of ether oxygens (including phenoxy) is 1. The Morgan fingerprint density at radius 2 is 1.86 bits per heavy atom. The van der Waals surface area contributed by atoms with Crippen LogP contribution in [0.5, 0.6) is 0 Å². The van der Waals surface area contributed by atoms with Crippen LogP contribution < -0.4 is 10.2 Å². The van der Waals surface area contributed by atoms with Gasteiger partial charge >= 0.3 is 5.97 Å². The first-order valence-electron chi connectivity index (χ1n) is 9.42. The third-order valence-corrected chi connectivity index (χ3v) is 5.00.